The maximum Gasteiger partial charge on any atom is 0 e. The summed E-state index contributed by atoms with van der Waals surface area (Å²) in [6, 6.07) is 0. The van der Waals surface area contributed by atoms with E-state index in [-0.39, 0.29) is 94.5 Å². The Kier molecular flexibility index (Phi) is 18.8. The Morgan fingerprint density at radius 1 is 0.938 bits per heavy atom. The molecule has 0 unspecified atom stereocenters. The van der Waals surface area contributed by atoms with Gasteiger partial charge in [-0.1, -0.05) is 0 Å². The summed E-state index contributed by atoms with van der Waals surface area (Å²) < 4.78 is 0. The van der Waals surface area contributed by atoms with Crippen molar-refractivity contribution in [3.63, 3.8) is 0 Å². The van der Waals surface area contributed by atoms with Gasteiger partial charge >= 0.3 is 90.7 Å². The number of hydrogen-bond donors (Lipinski definition) is 4. The van der Waals surface area contributed by atoms with Gasteiger partial charge in [0.2, 0.25) is 0 Å². The molecule has 90 valence electrons. The fraction of sp³-hybridized carbons (Fsp3) is 0.500. The first kappa shape index (κ1) is 26.1. The number of carbonyl (C=O) groups is 3. The molecule has 0 aromatic heterocycles. The summed E-state index contributed by atoms with van der Waals surface area (Å²) in [6.45, 7) is 0. The summed E-state index contributed by atoms with van der Waals surface area (Å²) in [6.07, 6.45) is -2.29. The summed E-state index contributed by atoms with van der Waals surface area (Å²) in [5.41, 5.74) is -2.74. The van der Waals surface area contributed by atoms with Crippen LogP contribution in [0.15, 0.2) is 0 Å². The van der Waals surface area contributed by atoms with Crippen molar-refractivity contribution < 1.29 is 56.5 Å². The molecule has 16 heavy (non-hydrogen) atoms. The van der Waals surface area contributed by atoms with E-state index in [1.165, 1.54) is 0 Å². The van der Waals surface area contributed by atoms with Crippen LogP contribution in [0.1, 0.15) is 12.8 Å². The first-order valence-electron chi connectivity index (χ1n) is 3.17. The predicted octanol–water partition coefficient (Wildman–Crippen LogP) is -3.62. The number of carboxylic acid groups (broad SMARTS) is 3. The number of aliphatic carboxylic acids is 3. The van der Waals surface area contributed by atoms with Gasteiger partial charge in [0.15, 0.2) is 5.60 Å². The van der Waals surface area contributed by atoms with E-state index in [0.29, 0.717) is 0 Å². The Balaban J connectivity index is -0.000000240. The van der Waals surface area contributed by atoms with E-state index in [2.05, 4.69) is 0 Å². The molecule has 0 saturated carbocycles. The van der Waals surface area contributed by atoms with Crippen LogP contribution in [0.4, 0.5) is 0 Å². The zero-order valence-corrected chi connectivity index (χ0v) is 8.49. The van der Waals surface area contributed by atoms with Gasteiger partial charge in [-0.05, 0) is 0 Å². The van der Waals surface area contributed by atoms with Crippen LogP contribution in [-0.2, 0) is 36.1 Å². The summed E-state index contributed by atoms with van der Waals surface area (Å²) in [7, 11) is 0. The number of hydrogen-bond acceptors (Lipinski definition) is 4. The van der Waals surface area contributed by atoms with Crippen molar-refractivity contribution in [3.05, 3.63) is 0 Å². The van der Waals surface area contributed by atoms with Gasteiger partial charge < -0.3 is 20.4 Å². The van der Waals surface area contributed by atoms with E-state index >= 15 is 0 Å². The molecule has 0 aromatic rings. The van der Waals surface area contributed by atoms with E-state index in [0.717, 1.165) is 0 Å². The molecule has 0 heterocycles. The minimum Gasteiger partial charge on any atom is 0 e. The van der Waals surface area contributed by atoms with Gasteiger partial charge in [-0.2, -0.15) is 0 Å². The summed E-state index contributed by atoms with van der Waals surface area (Å²) >= 11 is 0. The van der Waals surface area contributed by atoms with Gasteiger partial charge in [-0.3, -0.25) is 9.59 Å². The van der Waals surface area contributed by atoms with Crippen molar-refractivity contribution in [2.24, 2.45) is 0 Å². The Hall–Kier alpha value is 1.45. The van der Waals surface area contributed by atoms with Crippen LogP contribution in [0.25, 0.3) is 0 Å². The largest absolute Gasteiger partial charge is 0 e. The summed E-state index contributed by atoms with van der Waals surface area (Å²) in [4.78, 5) is 30.5. The Bertz CT molecular complexity index is 243. The minimum atomic E-state index is -2.74. The molecule has 0 aromatic carbocycles. The molecule has 0 spiro atoms. The van der Waals surface area contributed by atoms with Crippen LogP contribution in [-0.4, -0.2) is 117 Å². The molecule has 0 rings (SSSR count). The average Bonchev–Trinajstić information content (AvgIpc) is 1.82. The van der Waals surface area contributed by atoms with Crippen LogP contribution in [0.2, 0.25) is 0 Å². The van der Waals surface area contributed by atoms with Crippen LogP contribution in [0.3, 0.4) is 0 Å². The summed E-state index contributed by atoms with van der Waals surface area (Å²) in [5, 5.41) is 33.8. The summed E-state index contributed by atoms with van der Waals surface area (Å²) in [5.74, 6) is -5.02. The molecule has 0 fully saturated rings. The Morgan fingerprint density at radius 3 is 1.31 bits per heavy atom. The van der Waals surface area contributed by atoms with Crippen molar-refractivity contribution in [1.29, 1.82) is 0 Å². The van der Waals surface area contributed by atoms with E-state index in [4.69, 9.17) is 20.4 Å². The van der Waals surface area contributed by atoms with Gasteiger partial charge in [0, 0.05) is 21.7 Å². The van der Waals surface area contributed by atoms with E-state index in [1.54, 1.807) is 0 Å². The van der Waals surface area contributed by atoms with Crippen molar-refractivity contribution in [3.8, 4) is 0 Å². The van der Waals surface area contributed by atoms with Gasteiger partial charge in [-0.15, -0.1) is 0 Å². The molecule has 0 aliphatic rings. The van der Waals surface area contributed by atoms with Gasteiger partial charge in [0.1, 0.15) is 0 Å². The fourth-order valence-electron chi connectivity index (χ4n) is 0.714. The van der Waals surface area contributed by atoms with E-state index < -0.39 is 36.4 Å². The molecule has 0 atom stereocenters. The number of carboxylic acids is 3. The molecule has 0 bridgehead atoms. The third kappa shape index (κ3) is 10.6. The van der Waals surface area contributed by atoms with Crippen molar-refractivity contribution in [2.45, 2.75) is 18.4 Å². The molecule has 0 amide bonds. The molecule has 0 saturated heterocycles. The minimum absolute atomic E-state index is 0. The van der Waals surface area contributed by atoms with Crippen molar-refractivity contribution >= 4 is 90.7 Å². The second kappa shape index (κ2) is 11.5. The molecule has 4 N–H and O–H groups in total. The van der Waals surface area contributed by atoms with Crippen LogP contribution in [0.5, 0.6) is 0 Å². The van der Waals surface area contributed by atoms with Crippen molar-refractivity contribution in [2.75, 3.05) is 0 Å². The molecule has 0 aliphatic carbocycles. The zero-order valence-electron chi connectivity index (χ0n) is 6.93. The van der Waals surface area contributed by atoms with Crippen LogP contribution in [0, 0.1) is 0 Å². The first-order valence-corrected chi connectivity index (χ1v) is 3.17. The Morgan fingerprint density at radius 2 is 1.19 bits per heavy atom. The second-order valence-electron chi connectivity index (χ2n) is 2.48. The molecule has 0 radical (unpaired) electrons. The molecule has 7 nitrogen and oxygen atoms in total. The number of rotatable bonds is 5. The second-order valence-corrected chi connectivity index (χ2v) is 2.48. The number of aliphatic hydroxyl groups is 1. The third-order valence-corrected chi connectivity index (χ3v) is 1.29. The quantitative estimate of drug-likeness (QED) is 0.286. The normalized spacial score (nSPS) is 8.81. The topological polar surface area (TPSA) is 132 Å². The Labute approximate surface area is 163 Å². The SMILES string of the molecule is O=C(O)CC(O)(CC(=O)O)C(=O)O.[BaH2].[SnH4].[Ti]. The molecule has 10 heteroatoms. The predicted molar refractivity (Wildman–Crippen MR) is 57.0 cm³/mol. The molecular weight excluding hydrogens is 488 g/mol. The average molecular weight is 502 g/mol. The monoisotopic (exact) mass is 504 g/mol. The maximum atomic E-state index is 10.3. The van der Waals surface area contributed by atoms with Gasteiger partial charge in [0.05, 0.1) is 12.8 Å². The fourth-order valence-corrected chi connectivity index (χ4v) is 0.714. The maximum absolute atomic E-state index is 10.3. The standard InChI is InChI=1S/C6H8O7.Ba.Sn.Ti.6H/c7-3(8)1-6(13,5(11)12)2-4(9)10;;;;;;;;;/h13H,1-2H2,(H,7,8)(H,9,10)(H,11,12);;;;;;;;;. The van der Waals surface area contributed by atoms with Crippen LogP contribution < -0.4 is 0 Å². The third-order valence-electron chi connectivity index (χ3n) is 1.29. The first-order chi connectivity index (χ1) is 5.78. The van der Waals surface area contributed by atoms with E-state index in [1.807, 2.05) is 0 Å². The van der Waals surface area contributed by atoms with Crippen LogP contribution >= 0.6 is 0 Å². The smallest absolute Gasteiger partial charge is 0 e. The molecule has 0 aliphatic heterocycles. The van der Waals surface area contributed by atoms with Crippen molar-refractivity contribution in [1.82, 2.24) is 0 Å². The van der Waals surface area contributed by atoms with Gasteiger partial charge in [0.25, 0.3) is 0 Å². The zero-order chi connectivity index (χ0) is 10.6. The molecular formula is C6H14BaO7SnTi. The van der Waals surface area contributed by atoms with E-state index in [9.17, 15) is 14.4 Å². The van der Waals surface area contributed by atoms with Gasteiger partial charge in [-0.25, -0.2) is 4.79 Å².